The molecule has 1 amide bonds. The summed E-state index contributed by atoms with van der Waals surface area (Å²) >= 11 is 0. The molecule has 1 aromatic rings. The summed E-state index contributed by atoms with van der Waals surface area (Å²) in [5, 5.41) is 12.0. The van der Waals surface area contributed by atoms with Gasteiger partial charge in [0.1, 0.15) is 6.04 Å². The zero-order valence-electron chi connectivity index (χ0n) is 12.0. The second kappa shape index (κ2) is 7.19. The number of nitrogens with zero attached hydrogens (tertiary/aromatic N) is 1. The van der Waals surface area contributed by atoms with Gasteiger partial charge in [-0.1, -0.05) is 18.2 Å². The first kappa shape index (κ1) is 15.5. The number of rotatable bonds is 5. The molecule has 1 fully saturated rings. The van der Waals surface area contributed by atoms with Crippen molar-refractivity contribution in [1.82, 2.24) is 10.2 Å². The van der Waals surface area contributed by atoms with E-state index < -0.39 is 5.97 Å². The van der Waals surface area contributed by atoms with Crippen LogP contribution in [0.1, 0.15) is 22.8 Å². The lowest BCUT2D eigenvalue weighted by atomic mass is 10.1. The number of hydrogen-bond acceptors (Lipinski definition) is 4. The molecule has 0 aliphatic carbocycles. The third-order valence-corrected chi connectivity index (χ3v) is 3.51. The number of carboxylic acid groups (broad SMARTS) is 1. The Kier molecular flexibility index (Phi) is 5.30. The quantitative estimate of drug-likeness (QED) is 0.836. The summed E-state index contributed by atoms with van der Waals surface area (Å²) in [6.45, 7) is 4.34. The highest BCUT2D eigenvalue weighted by atomic mass is 16.5. The lowest BCUT2D eigenvalue weighted by molar-refractivity contribution is -0.132. The van der Waals surface area contributed by atoms with E-state index in [0.29, 0.717) is 38.4 Å². The number of carbonyl (C=O) groups is 2. The SMILES string of the molecule is CCNC(=O)C1COCCN1Cc1ccccc1C(=O)O. The Bertz CT molecular complexity index is 518. The zero-order chi connectivity index (χ0) is 15.2. The highest BCUT2D eigenvalue weighted by Crippen LogP contribution is 2.16. The Balaban J connectivity index is 2.16. The van der Waals surface area contributed by atoms with Crippen molar-refractivity contribution in [2.45, 2.75) is 19.5 Å². The lowest BCUT2D eigenvalue weighted by Gasteiger charge is -2.34. The molecule has 6 heteroatoms. The number of hydrogen-bond donors (Lipinski definition) is 2. The van der Waals surface area contributed by atoms with Crippen LogP contribution in [0.3, 0.4) is 0 Å². The second-order valence-electron chi connectivity index (χ2n) is 4.92. The molecule has 1 saturated heterocycles. The molecule has 0 aromatic heterocycles. The van der Waals surface area contributed by atoms with Crippen molar-refractivity contribution in [2.75, 3.05) is 26.3 Å². The first-order chi connectivity index (χ1) is 10.1. The summed E-state index contributed by atoms with van der Waals surface area (Å²) in [5.74, 6) is -1.03. The van der Waals surface area contributed by atoms with Gasteiger partial charge in [-0.2, -0.15) is 0 Å². The molecule has 114 valence electrons. The molecule has 1 atom stereocenters. The van der Waals surface area contributed by atoms with Crippen molar-refractivity contribution in [3.05, 3.63) is 35.4 Å². The monoisotopic (exact) mass is 292 g/mol. The van der Waals surface area contributed by atoms with E-state index in [1.807, 2.05) is 17.9 Å². The first-order valence-corrected chi connectivity index (χ1v) is 7.04. The Morgan fingerprint density at radius 1 is 1.43 bits per heavy atom. The van der Waals surface area contributed by atoms with Crippen LogP contribution in [0.15, 0.2) is 24.3 Å². The first-order valence-electron chi connectivity index (χ1n) is 7.04. The van der Waals surface area contributed by atoms with Crippen LogP contribution in [0, 0.1) is 0 Å². The summed E-state index contributed by atoms with van der Waals surface area (Å²) in [7, 11) is 0. The Hall–Kier alpha value is -1.92. The molecule has 2 rings (SSSR count). The highest BCUT2D eigenvalue weighted by Gasteiger charge is 2.29. The fourth-order valence-electron chi connectivity index (χ4n) is 2.45. The van der Waals surface area contributed by atoms with Gasteiger partial charge in [0.05, 0.1) is 18.8 Å². The highest BCUT2D eigenvalue weighted by molar-refractivity contribution is 5.89. The third-order valence-electron chi connectivity index (χ3n) is 3.51. The van der Waals surface area contributed by atoms with Crippen molar-refractivity contribution in [3.8, 4) is 0 Å². The van der Waals surface area contributed by atoms with Crippen LogP contribution in [0.5, 0.6) is 0 Å². The fraction of sp³-hybridized carbons (Fsp3) is 0.467. The number of amides is 1. The van der Waals surface area contributed by atoms with Crippen LogP contribution < -0.4 is 5.32 Å². The van der Waals surface area contributed by atoms with Gasteiger partial charge in [-0.25, -0.2) is 4.79 Å². The molecule has 1 aliphatic heterocycles. The molecule has 1 heterocycles. The van der Waals surface area contributed by atoms with Crippen molar-refractivity contribution in [1.29, 1.82) is 0 Å². The zero-order valence-corrected chi connectivity index (χ0v) is 12.0. The molecule has 0 bridgehead atoms. The van der Waals surface area contributed by atoms with Crippen LogP contribution in [-0.2, 0) is 16.1 Å². The van der Waals surface area contributed by atoms with Gasteiger partial charge in [0, 0.05) is 19.6 Å². The standard InChI is InChI=1S/C15H20N2O4/c1-2-16-14(18)13-10-21-8-7-17(13)9-11-5-3-4-6-12(11)15(19)20/h3-6,13H,2,7-10H2,1H3,(H,16,18)(H,19,20). The number of nitrogens with one attached hydrogen (secondary N) is 1. The topological polar surface area (TPSA) is 78.9 Å². The summed E-state index contributed by atoms with van der Waals surface area (Å²) < 4.78 is 5.38. The Labute approximate surface area is 123 Å². The summed E-state index contributed by atoms with van der Waals surface area (Å²) in [6.07, 6.45) is 0. The molecule has 0 radical (unpaired) electrons. The Morgan fingerprint density at radius 2 is 2.19 bits per heavy atom. The molecular formula is C15H20N2O4. The predicted octanol–water partition coefficient (Wildman–Crippen LogP) is 0.722. The van der Waals surface area contributed by atoms with E-state index in [9.17, 15) is 14.7 Å². The largest absolute Gasteiger partial charge is 0.478 e. The number of carbonyl (C=O) groups excluding carboxylic acids is 1. The van der Waals surface area contributed by atoms with Gasteiger partial charge in [-0.15, -0.1) is 0 Å². The van der Waals surface area contributed by atoms with Gasteiger partial charge in [0.15, 0.2) is 0 Å². The summed E-state index contributed by atoms with van der Waals surface area (Å²) in [4.78, 5) is 25.3. The minimum Gasteiger partial charge on any atom is -0.478 e. The average Bonchev–Trinajstić information content (AvgIpc) is 2.48. The van der Waals surface area contributed by atoms with Gasteiger partial charge >= 0.3 is 5.97 Å². The molecule has 2 N–H and O–H groups in total. The number of morpholine rings is 1. The van der Waals surface area contributed by atoms with Gasteiger partial charge in [0.2, 0.25) is 5.91 Å². The van der Waals surface area contributed by atoms with Crippen molar-refractivity contribution >= 4 is 11.9 Å². The molecule has 1 aliphatic rings. The van der Waals surface area contributed by atoms with E-state index in [1.165, 1.54) is 0 Å². The van der Waals surface area contributed by atoms with E-state index >= 15 is 0 Å². The van der Waals surface area contributed by atoms with Crippen molar-refractivity contribution in [3.63, 3.8) is 0 Å². The van der Waals surface area contributed by atoms with E-state index in [4.69, 9.17) is 4.74 Å². The fourth-order valence-corrected chi connectivity index (χ4v) is 2.45. The van der Waals surface area contributed by atoms with E-state index in [2.05, 4.69) is 5.32 Å². The van der Waals surface area contributed by atoms with Gasteiger partial charge in [-0.05, 0) is 18.6 Å². The van der Waals surface area contributed by atoms with E-state index in [-0.39, 0.29) is 17.5 Å². The maximum absolute atomic E-state index is 12.1. The van der Waals surface area contributed by atoms with Crippen LogP contribution >= 0.6 is 0 Å². The molecule has 1 aromatic carbocycles. The minimum absolute atomic E-state index is 0.0787. The molecule has 6 nitrogen and oxygen atoms in total. The summed E-state index contributed by atoms with van der Waals surface area (Å²) in [6, 6.07) is 6.50. The van der Waals surface area contributed by atoms with Crippen molar-refractivity contribution in [2.24, 2.45) is 0 Å². The van der Waals surface area contributed by atoms with Gasteiger partial charge in [-0.3, -0.25) is 9.69 Å². The molecule has 21 heavy (non-hydrogen) atoms. The van der Waals surface area contributed by atoms with Crippen LogP contribution in [-0.4, -0.2) is 54.2 Å². The van der Waals surface area contributed by atoms with Gasteiger partial charge < -0.3 is 15.2 Å². The van der Waals surface area contributed by atoms with Crippen LogP contribution in [0.2, 0.25) is 0 Å². The maximum atomic E-state index is 12.1. The maximum Gasteiger partial charge on any atom is 0.336 e. The average molecular weight is 292 g/mol. The van der Waals surface area contributed by atoms with E-state index in [0.717, 1.165) is 0 Å². The number of likely N-dealkylation sites (N-methyl/N-ethyl adjacent to an activating group) is 1. The normalized spacial score (nSPS) is 19.2. The number of aromatic carboxylic acids is 1. The number of carboxylic acids is 1. The Morgan fingerprint density at radius 3 is 2.90 bits per heavy atom. The molecular weight excluding hydrogens is 272 g/mol. The van der Waals surface area contributed by atoms with Crippen molar-refractivity contribution < 1.29 is 19.4 Å². The molecule has 0 saturated carbocycles. The number of benzene rings is 1. The molecule has 1 unspecified atom stereocenters. The predicted molar refractivity (Wildman–Crippen MR) is 77.1 cm³/mol. The summed E-state index contributed by atoms with van der Waals surface area (Å²) in [5.41, 5.74) is 0.986. The lowest BCUT2D eigenvalue weighted by Crippen LogP contribution is -2.53. The third kappa shape index (κ3) is 3.80. The van der Waals surface area contributed by atoms with Crippen LogP contribution in [0.25, 0.3) is 0 Å². The minimum atomic E-state index is -0.951. The second-order valence-corrected chi connectivity index (χ2v) is 4.92. The van der Waals surface area contributed by atoms with Gasteiger partial charge in [0.25, 0.3) is 0 Å². The smallest absolute Gasteiger partial charge is 0.336 e. The number of ether oxygens (including phenoxy) is 1. The molecule has 0 spiro atoms. The van der Waals surface area contributed by atoms with Crippen LogP contribution in [0.4, 0.5) is 0 Å². The van der Waals surface area contributed by atoms with E-state index in [1.54, 1.807) is 18.2 Å².